The maximum Gasteiger partial charge on any atom is 0.243 e. The normalized spacial score (nSPS) is 19.4. The summed E-state index contributed by atoms with van der Waals surface area (Å²) >= 11 is 0. The van der Waals surface area contributed by atoms with Gasteiger partial charge in [0.15, 0.2) is 0 Å². The zero-order valence-corrected chi connectivity index (χ0v) is 16.1. The van der Waals surface area contributed by atoms with E-state index in [4.69, 9.17) is 6.42 Å². The zero-order valence-electron chi connectivity index (χ0n) is 16.1. The topological polar surface area (TPSA) is 67.2 Å². The van der Waals surface area contributed by atoms with Crippen LogP contribution in [-0.4, -0.2) is 28.1 Å². The third-order valence-electron chi connectivity index (χ3n) is 5.79. The van der Waals surface area contributed by atoms with Crippen LogP contribution < -0.4 is 10.2 Å². The Bertz CT molecular complexity index is 1270. The highest BCUT2D eigenvalue weighted by Gasteiger charge is 2.57. The number of hydrogen-bond donors (Lipinski definition) is 1. The molecular formula is C23H17FN4O2. The predicted molar refractivity (Wildman–Crippen MR) is 110 cm³/mol. The molecule has 1 N–H and O–H groups in total. The maximum atomic E-state index is 13.8. The first-order valence-corrected chi connectivity index (χ1v) is 9.47. The quantitative estimate of drug-likeness (QED) is 0.673. The Kier molecular flexibility index (Phi) is 3.80. The fraction of sp³-hybridized carbons (Fsp3) is 0.174. The van der Waals surface area contributed by atoms with E-state index in [9.17, 15) is 14.0 Å². The molecule has 0 fully saturated rings. The SMILES string of the molecule is C#CCN1C(=O)C2(CC(=O)Nc3c2cnn3-c2cccc(F)c2)c2cccc(C)c21. The summed E-state index contributed by atoms with van der Waals surface area (Å²) < 4.78 is 15.2. The molecule has 2 aliphatic rings. The van der Waals surface area contributed by atoms with Gasteiger partial charge in [0.05, 0.1) is 24.1 Å². The molecule has 1 spiro atoms. The first kappa shape index (κ1) is 18.1. The molecule has 3 heterocycles. The minimum Gasteiger partial charge on any atom is -0.310 e. The van der Waals surface area contributed by atoms with Gasteiger partial charge in [-0.15, -0.1) is 6.42 Å². The number of anilines is 2. The number of rotatable bonds is 2. The van der Waals surface area contributed by atoms with Gasteiger partial charge < -0.3 is 5.32 Å². The van der Waals surface area contributed by atoms with Crippen LogP contribution in [0.2, 0.25) is 0 Å². The van der Waals surface area contributed by atoms with Crippen LogP contribution in [0.4, 0.5) is 15.9 Å². The Morgan fingerprint density at radius 1 is 1.23 bits per heavy atom. The zero-order chi connectivity index (χ0) is 21.0. The second kappa shape index (κ2) is 6.29. The number of benzene rings is 2. The molecule has 5 rings (SSSR count). The Morgan fingerprint density at radius 3 is 2.80 bits per heavy atom. The smallest absolute Gasteiger partial charge is 0.243 e. The van der Waals surface area contributed by atoms with E-state index < -0.39 is 11.2 Å². The molecule has 1 aromatic heterocycles. The van der Waals surface area contributed by atoms with Gasteiger partial charge in [0.2, 0.25) is 11.8 Å². The summed E-state index contributed by atoms with van der Waals surface area (Å²) in [6.45, 7) is 2.02. The minimum atomic E-state index is -1.22. The molecule has 0 aliphatic carbocycles. The summed E-state index contributed by atoms with van der Waals surface area (Å²) in [4.78, 5) is 28.1. The fourth-order valence-electron chi connectivity index (χ4n) is 4.58. The van der Waals surface area contributed by atoms with E-state index in [2.05, 4.69) is 16.3 Å². The predicted octanol–water partition coefficient (Wildman–Crippen LogP) is 2.93. The van der Waals surface area contributed by atoms with Crippen molar-refractivity contribution in [1.82, 2.24) is 9.78 Å². The number of hydrogen-bond acceptors (Lipinski definition) is 3. The minimum absolute atomic E-state index is 0.0504. The van der Waals surface area contributed by atoms with Gasteiger partial charge in [-0.05, 0) is 36.2 Å². The number of terminal acetylenes is 1. The number of nitrogens with one attached hydrogen (secondary N) is 1. The van der Waals surface area contributed by atoms with E-state index in [1.165, 1.54) is 16.8 Å². The lowest BCUT2D eigenvalue weighted by Crippen LogP contribution is -2.46. The van der Waals surface area contributed by atoms with Gasteiger partial charge in [0.25, 0.3) is 0 Å². The molecule has 2 aliphatic heterocycles. The van der Waals surface area contributed by atoms with Crippen molar-refractivity contribution in [2.45, 2.75) is 18.8 Å². The van der Waals surface area contributed by atoms with Gasteiger partial charge in [-0.1, -0.05) is 30.2 Å². The molecule has 1 atom stereocenters. The highest BCUT2D eigenvalue weighted by molar-refractivity contribution is 6.16. The number of amides is 2. The number of carbonyl (C=O) groups is 2. The van der Waals surface area contributed by atoms with Crippen molar-refractivity contribution >= 4 is 23.3 Å². The van der Waals surface area contributed by atoms with Crippen molar-refractivity contribution in [3.05, 3.63) is 71.2 Å². The lowest BCUT2D eigenvalue weighted by atomic mass is 9.71. The number of carbonyl (C=O) groups excluding carboxylic acids is 2. The van der Waals surface area contributed by atoms with E-state index >= 15 is 0 Å². The molecule has 0 bridgehead atoms. The summed E-state index contributed by atoms with van der Waals surface area (Å²) in [5.74, 6) is 1.92. The lowest BCUT2D eigenvalue weighted by molar-refractivity contribution is -0.126. The third-order valence-corrected chi connectivity index (χ3v) is 5.79. The van der Waals surface area contributed by atoms with Crippen LogP contribution in [0.3, 0.4) is 0 Å². The maximum absolute atomic E-state index is 13.8. The monoisotopic (exact) mass is 400 g/mol. The summed E-state index contributed by atoms with van der Waals surface area (Å²) in [7, 11) is 0. The summed E-state index contributed by atoms with van der Waals surface area (Å²) in [6, 6.07) is 11.5. The molecule has 6 nitrogen and oxygen atoms in total. The van der Waals surface area contributed by atoms with Crippen molar-refractivity contribution in [2.75, 3.05) is 16.8 Å². The summed E-state index contributed by atoms with van der Waals surface area (Å²) in [6.07, 6.45) is 7.06. The van der Waals surface area contributed by atoms with Crippen LogP contribution in [-0.2, 0) is 15.0 Å². The van der Waals surface area contributed by atoms with E-state index in [0.717, 1.165) is 16.8 Å². The van der Waals surface area contributed by atoms with Crippen molar-refractivity contribution < 1.29 is 14.0 Å². The van der Waals surface area contributed by atoms with Gasteiger partial charge in [0, 0.05) is 12.0 Å². The van der Waals surface area contributed by atoms with Crippen LogP contribution in [0.15, 0.2) is 48.7 Å². The highest BCUT2D eigenvalue weighted by Crippen LogP contribution is 2.53. The number of fused-ring (bicyclic) bond motifs is 4. The fourth-order valence-corrected chi connectivity index (χ4v) is 4.58. The molecule has 148 valence electrons. The molecule has 7 heteroatoms. The van der Waals surface area contributed by atoms with E-state index in [1.54, 1.807) is 23.2 Å². The average Bonchev–Trinajstić information content (AvgIpc) is 3.23. The molecule has 1 unspecified atom stereocenters. The lowest BCUT2D eigenvalue weighted by Gasteiger charge is -2.32. The average molecular weight is 400 g/mol. The van der Waals surface area contributed by atoms with Gasteiger partial charge in [-0.2, -0.15) is 5.10 Å². The van der Waals surface area contributed by atoms with Crippen LogP contribution in [0.25, 0.3) is 5.69 Å². The van der Waals surface area contributed by atoms with Gasteiger partial charge in [-0.3, -0.25) is 14.5 Å². The second-order valence-electron chi connectivity index (χ2n) is 7.50. The van der Waals surface area contributed by atoms with Gasteiger partial charge >= 0.3 is 0 Å². The van der Waals surface area contributed by atoms with Crippen molar-refractivity contribution in [1.29, 1.82) is 0 Å². The van der Waals surface area contributed by atoms with Gasteiger partial charge in [-0.25, -0.2) is 9.07 Å². The Balaban J connectivity index is 1.79. The summed E-state index contributed by atoms with van der Waals surface area (Å²) in [5, 5.41) is 7.21. The standard InChI is InChI=1S/C23H17FN4O2/c1-3-10-27-20-14(2)6-4-9-17(20)23(22(27)30)12-19(29)26-21-18(23)13-25-28(21)16-8-5-7-15(24)11-16/h1,4-9,11,13H,10,12H2,2H3,(H,26,29). The second-order valence-corrected chi connectivity index (χ2v) is 7.50. The molecule has 0 saturated carbocycles. The molecule has 0 saturated heterocycles. The molecule has 30 heavy (non-hydrogen) atoms. The molecule has 0 radical (unpaired) electrons. The number of nitrogens with zero attached hydrogens (tertiary/aromatic N) is 3. The number of para-hydroxylation sites is 1. The first-order chi connectivity index (χ1) is 14.5. The van der Waals surface area contributed by atoms with Gasteiger partial charge in [0.1, 0.15) is 17.1 Å². The van der Waals surface area contributed by atoms with Crippen molar-refractivity contribution in [3.63, 3.8) is 0 Å². The third kappa shape index (κ3) is 2.28. The van der Waals surface area contributed by atoms with Crippen LogP contribution in [0.5, 0.6) is 0 Å². The highest BCUT2D eigenvalue weighted by atomic mass is 19.1. The van der Waals surface area contributed by atoms with E-state index in [1.807, 2.05) is 25.1 Å². The van der Waals surface area contributed by atoms with Crippen LogP contribution in [0.1, 0.15) is 23.1 Å². The first-order valence-electron chi connectivity index (χ1n) is 9.47. The van der Waals surface area contributed by atoms with Crippen molar-refractivity contribution in [2.24, 2.45) is 0 Å². The van der Waals surface area contributed by atoms with Crippen LogP contribution >= 0.6 is 0 Å². The molecule has 3 aromatic rings. The van der Waals surface area contributed by atoms with Crippen LogP contribution in [0, 0.1) is 25.1 Å². The number of halogens is 1. The van der Waals surface area contributed by atoms with E-state index in [-0.39, 0.29) is 24.8 Å². The van der Waals surface area contributed by atoms with E-state index in [0.29, 0.717) is 17.1 Å². The number of aromatic nitrogens is 2. The summed E-state index contributed by atoms with van der Waals surface area (Å²) in [5.41, 5.74) is 2.17. The molecular weight excluding hydrogens is 383 g/mol. The molecule has 2 amide bonds. The molecule has 2 aromatic carbocycles. The number of aryl methyl sites for hydroxylation is 1. The Hall–Kier alpha value is -3.92. The largest absolute Gasteiger partial charge is 0.310 e. The van der Waals surface area contributed by atoms with Crippen molar-refractivity contribution in [3.8, 4) is 18.0 Å². The Morgan fingerprint density at radius 2 is 2.03 bits per heavy atom. The Labute approximate surface area is 172 Å².